The summed E-state index contributed by atoms with van der Waals surface area (Å²) in [6.07, 6.45) is 18.6. The first-order chi connectivity index (χ1) is 14.2. The fraction of sp³-hybridized carbons (Fsp3) is 0.793. The van der Waals surface area contributed by atoms with Gasteiger partial charge in [-0.1, -0.05) is 64.0 Å². The van der Waals surface area contributed by atoms with Gasteiger partial charge in [0.25, 0.3) is 0 Å². The van der Waals surface area contributed by atoms with E-state index in [1.54, 1.807) is 11.1 Å². The molecule has 0 amide bonds. The van der Waals surface area contributed by atoms with Crippen molar-refractivity contribution in [1.82, 2.24) is 0 Å². The molecule has 4 aliphatic carbocycles. The Morgan fingerprint density at radius 1 is 1.17 bits per heavy atom. The van der Waals surface area contributed by atoms with Gasteiger partial charge in [-0.3, -0.25) is 0 Å². The molecule has 0 spiro atoms. The Morgan fingerprint density at radius 3 is 2.63 bits per heavy atom. The highest BCUT2D eigenvalue weighted by Crippen LogP contribution is 2.64. The molecule has 0 bridgehead atoms. The third-order valence-electron chi connectivity index (χ3n) is 10.2. The summed E-state index contributed by atoms with van der Waals surface area (Å²) in [6, 6.07) is 0. The Morgan fingerprint density at radius 2 is 1.93 bits per heavy atom. The zero-order valence-electron chi connectivity index (χ0n) is 20.5. The van der Waals surface area contributed by atoms with Crippen LogP contribution < -0.4 is 0 Å². The molecule has 0 heterocycles. The predicted molar refractivity (Wildman–Crippen MR) is 128 cm³/mol. The Balaban J connectivity index is 1.54. The summed E-state index contributed by atoms with van der Waals surface area (Å²) >= 11 is 0. The molecule has 0 saturated heterocycles. The van der Waals surface area contributed by atoms with E-state index in [2.05, 4.69) is 59.8 Å². The van der Waals surface area contributed by atoms with Crippen LogP contribution >= 0.6 is 0 Å². The summed E-state index contributed by atoms with van der Waals surface area (Å²) in [5.74, 6) is 3.61. The molecular weight excluding hydrogens is 364 g/mol. The summed E-state index contributed by atoms with van der Waals surface area (Å²) in [4.78, 5) is 0. The number of aliphatic hydroxyl groups excluding tert-OH is 1. The van der Waals surface area contributed by atoms with Gasteiger partial charge in [0.1, 0.15) is 0 Å². The highest BCUT2D eigenvalue weighted by Gasteiger charge is 2.54. The van der Waals surface area contributed by atoms with Crippen molar-refractivity contribution < 1.29 is 5.11 Å². The van der Waals surface area contributed by atoms with E-state index in [1.165, 1.54) is 44.9 Å². The Bertz CT molecular complexity index is 739. The standard InChI is InChI=1S/C29H46O/c1-7-21(19(2)3)9-8-20(4)25-12-13-26-24-11-10-22-18-23(30)14-16-28(22,5)27(24)15-17-29(25,26)6/h7,12-13,19-20,22-23,25,27,30H,8-11,14-18H2,1-6H3/b21-7-/t20-,22+,23+,25-,27+,28+,29-/m1/s1. The van der Waals surface area contributed by atoms with E-state index in [1.807, 2.05) is 5.57 Å². The van der Waals surface area contributed by atoms with Gasteiger partial charge in [-0.15, -0.1) is 0 Å². The molecule has 1 N–H and O–H groups in total. The summed E-state index contributed by atoms with van der Waals surface area (Å²) in [6.45, 7) is 14.5. The van der Waals surface area contributed by atoms with Gasteiger partial charge in [-0.2, -0.15) is 0 Å². The molecule has 168 valence electrons. The molecule has 7 atom stereocenters. The van der Waals surface area contributed by atoms with Gasteiger partial charge in [0.05, 0.1) is 6.10 Å². The SMILES string of the molecule is C/C=C(/CC[C@@H](C)[C@H]1C=CC2=C3CC[C@H]4C[C@@H](O)CC[C@]4(C)[C@H]3CC[C@@]21C)C(C)C. The van der Waals surface area contributed by atoms with Crippen LogP contribution in [0.3, 0.4) is 0 Å². The fourth-order valence-electron chi connectivity index (χ4n) is 8.19. The van der Waals surface area contributed by atoms with E-state index in [-0.39, 0.29) is 6.10 Å². The minimum atomic E-state index is -0.0457. The lowest BCUT2D eigenvalue weighted by atomic mass is 9.48. The molecule has 0 unspecified atom stereocenters. The molecule has 4 aliphatic rings. The maximum atomic E-state index is 10.3. The molecule has 0 aromatic carbocycles. The van der Waals surface area contributed by atoms with Crippen LogP contribution in [0.15, 0.2) is 34.9 Å². The highest BCUT2D eigenvalue weighted by molar-refractivity contribution is 5.44. The van der Waals surface area contributed by atoms with Crippen molar-refractivity contribution in [3.8, 4) is 0 Å². The van der Waals surface area contributed by atoms with Crippen LogP contribution in [0.25, 0.3) is 0 Å². The van der Waals surface area contributed by atoms with Crippen molar-refractivity contribution in [3.63, 3.8) is 0 Å². The molecule has 1 heteroatoms. The number of fused-ring (bicyclic) bond motifs is 4. The molecular formula is C29H46O. The van der Waals surface area contributed by atoms with Crippen molar-refractivity contribution in [1.29, 1.82) is 0 Å². The van der Waals surface area contributed by atoms with Gasteiger partial charge in [-0.25, -0.2) is 0 Å². The number of aliphatic hydroxyl groups is 1. The molecule has 2 saturated carbocycles. The van der Waals surface area contributed by atoms with Crippen molar-refractivity contribution in [3.05, 3.63) is 34.9 Å². The maximum absolute atomic E-state index is 10.3. The van der Waals surface area contributed by atoms with Crippen molar-refractivity contribution in [2.75, 3.05) is 0 Å². The van der Waals surface area contributed by atoms with Crippen molar-refractivity contribution in [2.45, 2.75) is 105 Å². The molecule has 0 aliphatic heterocycles. The second kappa shape index (κ2) is 8.27. The number of allylic oxidation sites excluding steroid dienone is 6. The van der Waals surface area contributed by atoms with E-state index in [0.29, 0.717) is 22.7 Å². The lowest BCUT2D eigenvalue weighted by Gasteiger charge is -2.56. The minimum absolute atomic E-state index is 0.0457. The molecule has 1 nitrogen and oxygen atoms in total. The normalized spacial score (nSPS) is 42.2. The smallest absolute Gasteiger partial charge is 0.0543 e. The van der Waals surface area contributed by atoms with Crippen LogP contribution in [0.4, 0.5) is 0 Å². The minimum Gasteiger partial charge on any atom is -0.393 e. The Labute approximate surface area is 186 Å². The lowest BCUT2D eigenvalue weighted by Crippen LogP contribution is -2.48. The molecule has 0 aromatic heterocycles. The topological polar surface area (TPSA) is 20.2 Å². The average molecular weight is 411 g/mol. The first-order valence-corrected chi connectivity index (χ1v) is 13.0. The Kier molecular flexibility index (Phi) is 6.17. The van der Waals surface area contributed by atoms with Crippen LogP contribution in [0.5, 0.6) is 0 Å². The van der Waals surface area contributed by atoms with E-state index in [4.69, 9.17) is 0 Å². The molecule has 4 rings (SSSR count). The first kappa shape index (κ1) is 22.4. The quantitative estimate of drug-likeness (QED) is 0.457. The zero-order valence-corrected chi connectivity index (χ0v) is 20.5. The molecule has 0 aromatic rings. The van der Waals surface area contributed by atoms with Gasteiger partial charge >= 0.3 is 0 Å². The van der Waals surface area contributed by atoms with Crippen molar-refractivity contribution >= 4 is 0 Å². The van der Waals surface area contributed by atoms with Gasteiger partial charge in [-0.05, 0) is 111 Å². The second-order valence-electron chi connectivity index (χ2n) is 12.0. The van der Waals surface area contributed by atoms with Crippen LogP contribution in [-0.4, -0.2) is 11.2 Å². The Hall–Kier alpha value is -0.820. The zero-order chi connectivity index (χ0) is 21.7. The van der Waals surface area contributed by atoms with E-state index >= 15 is 0 Å². The average Bonchev–Trinajstić information content (AvgIpc) is 3.06. The monoisotopic (exact) mass is 410 g/mol. The molecule has 0 radical (unpaired) electrons. The van der Waals surface area contributed by atoms with Gasteiger partial charge in [0.2, 0.25) is 0 Å². The summed E-state index contributed by atoms with van der Waals surface area (Å²) in [5.41, 5.74) is 5.97. The van der Waals surface area contributed by atoms with Gasteiger partial charge < -0.3 is 5.11 Å². The number of rotatable bonds is 5. The van der Waals surface area contributed by atoms with E-state index in [0.717, 1.165) is 30.6 Å². The van der Waals surface area contributed by atoms with Crippen molar-refractivity contribution in [2.24, 2.45) is 40.4 Å². The van der Waals surface area contributed by atoms with Crippen LogP contribution in [0.2, 0.25) is 0 Å². The fourth-order valence-corrected chi connectivity index (χ4v) is 8.19. The summed E-state index contributed by atoms with van der Waals surface area (Å²) in [7, 11) is 0. The molecule has 30 heavy (non-hydrogen) atoms. The lowest BCUT2D eigenvalue weighted by molar-refractivity contribution is -0.0376. The first-order valence-electron chi connectivity index (χ1n) is 13.0. The largest absolute Gasteiger partial charge is 0.393 e. The van der Waals surface area contributed by atoms with E-state index in [9.17, 15) is 5.11 Å². The predicted octanol–water partition coefficient (Wildman–Crippen LogP) is 7.87. The number of hydrogen-bond acceptors (Lipinski definition) is 1. The van der Waals surface area contributed by atoms with Crippen LogP contribution in [0.1, 0.15) is 99.3 Å². The van der Waals surface area contributed by atoms with Gasteiger partial charge in [0, 0.05) is 0 Å². The highest BCUT2D eigenvalue weighted by atomic mass is 16.3. The maximum Gasteiger partial charge on any atom is 0.0543 e. The second-order valence-corrected chi connectivity index (χ2v) is 12.0. The van der Waals surface area contributed by atoms with E-state index < -0.39 is 0 Å². The third kappa shape index (κ3) is 3.58. The summed E-state index contributed by atoms with van der Waals surface area (Å²) in [5, 5.41) is 10.3. The molecule has 2 fully saturated rings. The van der Waals surface area contributed by atoms with Crippen LogP contribution in [-0.2, 0) is 0 Å². The third-order valence-corrected chi connectivity index (χ3v) is 10.2. The number of hydrogen-bond donors (Lipinski definition) is 1. The van der Waals surface area contributed by atoms with Crippen LogP contribution in [0, 0.1) is 40.4 Å². The summed E-state index contributed by atoms with van der Waals surface area (Å²) < 4.78 is 0. The van der Waals surface area contributed by atoms with Gasteiger partial charge in [0.15, 0.2) is 0 Å².